The van der Waals surface area contributed by atoms with Crippen molar-refractivity contribution in [2.24, 2.45) is 17.6 Å². The number of carboxylic acids is 2. The Morgan fingerprint density at radius 2 is 1.82 bits per heavy atom. The summed E-state index contributed by atoms with van der Waals surface area (Å²) in [7, 11) is -7.57. The van der Waals surface area contributed by atoms with Gasteiger partial charge in [0.1, 0.15) is 0 Å². The van der Waals surface area contributed by atoms with E-state index in [0.717, 1.165) is 0 Å². The predicted octanol–water partition coefficient (Wildman–Crippen LogP) is -2.36. The van der Waals surface area contributed by atoms with E-state index in [4.69, 9.17) is 15.4 Å². The van der Waals surface area contributed by atoms with Crippen molar-refractivity contribution in [1.82, 2.24) is 5.32 Å². The van der Waals surface area contributed by atoms with Crippen LogP contribution in [0.25, 0.3) is 0 Å². The highest BCUT2D eigenvalue weighted by molar-refractivity contribution is 7.98. The normalized spacial score (nSPS) is 30.9. The van der Waals surface area contributed by atoms with E-state index in [1.165, 1.54) is 11.8 Å². The fraction of sp³-hybridized carbons (Fsp3) is 0.769. The summed E-state index contributed by atoms with van der Waals surface area (Å²) in [6.45, 7) is 0. The van der Waals surface area contributed by atoms with Gasteiger partial charge in [0, 0.05) is 5.92 Å². The third kappa shape index (κ3) is 5.56. The van der Waals surface area contributed by atoms with Gasteiger partial charge in [0.25, 0.3) is 10.1 Å². The monoisotopic (exact) mass is 462 g/mol. The first-order chi connectivity index (χ1) is 12.6. The van der Waals surface area contributed by atoms with E-state index in [9.17, 15) is 36.3 Å². The molecule has 1 aliphatic carbocycles. The molecule has 0 aromatic heterocycles. The van der Waals surface area contributed by atoms with Crippen LogP contribution in [0.3, 0.4) is 0 Å². The van der Waals surface area contributed by atoms with Crippen LogP contribution in [0.4, 0.5) is 0 Å². The molecule has 12 nitrogen and oxygen atoms in total. The van der Waals surface area contributed by atoms with Crippen molar-refractivity contribution in [3.05, 3.63) is 0 Å². The van der Waals surface area contributed by atoms with Gasteiger partial charge in [0.2, 0.25) is 5.91 Å². The van der Waals surface area contributed by atoms with Gasteiger partial charge in [-0.1, -0.05) is 0 Å². The van der Waals surface area contributed by atoms with Gasteiger partial charge in [0.05, 0.1) is 29.2 Å². The number of nitrogens with two attached hydrogens (primary N) is 1. The number of sulfone groups is 1. The molecule has 0 unspecified atom stereocenters. The van der Waals surface area contributed by atoms with Crippen LogP contribution in [-0.4, -0.2) is 90.3 Å². The zero-order valence-electron chi connectivity index (χ0n) is 14.9. The number of carbonyl (C=O) groups excluding carboxylic acids is 1. The van der Waals surface area contributed by atoms with Crippen molar-refractivity contribution < 1.29 is 46.0 Å². The van der Waals surface area contributed by atoms with Gasteiger partial charge >= 0.3 is 11.9 Å². The summed E-state index contributed by atoms with van der Waals surface area (Å²) in [5, 5.41) is 19.5. The summed E-state index contributed by atoms with van der Waals surface area (Å²) >= 11 is 1.46. The Morgan fingerprint density at radius 1 is 1.32 bits per heavy atom. The van der Waals surface area contributed by atoms with E-state index in [1.54, 1.807) is 0 Å². The molecule has 0 bridgehead atoms. The van der Waals surface area contributed by atoms with Gasteiger partial charge < -0.3 is 21.3 Å². The largest absolute Gasteiger partial charge is 0.481 e. The Morgan fingerprint density at radius 3 is 2.18 bits per heavy atom. The van der Waals surface area contributed by atoms with E-state index in [2.05, 4.69) is 5.32 Å². The zero-order chi connectivity index (χ0) is 22.1. The number of carboxylic acid groups (broad SMARTS) is 2. The highest BCUT2D eigenvalue weighted by atomic mass is 32.2. The minimum atomic E-state index is -3.91. The molecule has 2 rings (SSSR count). The lowest BCUT2D eigenvalue weighted by Gasteiger charge is -2.28. The molecule has 28 heavy (non-hydrogen) atoms. The molecule has 162 valence electrons. The Balaban J connectivity index is 0.000000696. The maximum atomic E-state index is 12.1. The molecule has 1 saturated carbocycles. The first kappa shape index (κ1) is 24.6. The van der Waals surface area contributed by atoms with Gasteiger partial charge in [-0.2, -0.15) is 20.2 Å². The number of hydrogen-bond acceptors (Lipinski definition) is 9. The smallest absolute Gasteiger partial charge is 0.330 e. The van der Waals surface area contributed by atoms with E-state index in [1.807, 2.05) is 6.26 Å². The molecule has 0 aromatic rings. The molecule has 0 aromatic carbocycles. The van der Waals surface area contributed by atoms with Crippen LogP contribution in [0.15, 0.2) is 0 Å². The van der Waals surface area contributed by atoms with Gasteiger partial charge in [-0.25, -0.2) is 13.2 Å². The number of thioether (sulfide) groups is 1. The average molecular weight is 463 g/mol. The maximum Gasteiger partial charge on any atom is 0.330 e. The molecule has 2 aliphatic rings. The molecule has 6 N–H and O–H groups in total. The average Bonchev–Trinajstić information content (AvgIpc) is 3.22. The Bertz CT molecular complexity index is 848. The van der Waals surface area contributed by atoms with Crippen LogP contribution in [0.2, 0.25) is 0 Å². The summed E-state index contributed by atoms with van der Waals surface area (Å²) in [4.78, 5) is 34.9. The molecule has 1 aliphatic heterocycles. The molecule has 0 spiro atoms. The summed E-state index contributed by atoms with van der Waals surface area (Å²) in [6, 6.07) is -0.984. The number of amides is 1. The van der Waals surface area contributed by atoms with Crippen molar-refractivity contribution in [3.8, 4) is 0 Å². The van der Waals surface area contributed by atoms with Crippen molar-refractivity contribution in [1.29, 1.82) is 0 Å². The number of rotatable bonds is 7. The van der Waals surface area contributed by atoms with Crippen LogP contribution >= 0.6 is 11.8 Å². The van der Waals surface area contributed by atoms with Crippen molar-refractivity contribution in [2.75, 3.05) is 24.0 Å². The Labute approximate surface area is 165 Å². The van der Waals surface area contributed by atoms with E-state index in [-0.39, 0.29) is 0 Å². The highest BCUT2D eigenvalue weighted by Crippen LogP contribution is 2.57. The number of nitrogens with one attached hydrogen (secondary N) is 1. The second-order valence-electron chi connectivity index (χ2n) is 6.55. The minimum absolute atomic E-state index is 0.298. The lowest BCUT2D eigenvalue weighted by atomic mass is 9.93. The van der Waals surface area contributed by atoms with Gasteiger partial charge in [-0.15, -0.1) is 0 Å². The van der Waals surface area contributed by atoms with Crippen molar-refractivity contribution in [3.63, 3.8) is 0 Å². The Kier molecular flexibility index (Phi) is 7.49. The SMILES string of the molecule is CS(=O)(=O)O.CSCC[C@H](N)C(=O)N[C@@]1(C(=O)O)CS(=O)(=O)[C@H]2[C@H](C(=O)O)[C@H]21. The molecule has 0 radical (unpaired) electrons. The summed E-state index contributed by atoms with van der Waals surface area (Å²) in [6.07, 6.45) is 2.83. The fourth-order valence-electron chi connectivity index (χ4n) is 3.19. The third-order valence-corrected chi connectivity index (χ3v) is 7.27. The third-order valence-electron chi connectivity index (χ3n) is 4.35. The van der Waals surface area contributed by atoms with Gasteiger partial charge in [-0.05, 0) is 18.4 Å². The fourth-order valence-corrected chi connectivity index (χ4v) is 6.38. The first-order valence-corrected chi connectivity index (χ1v) is 12.7. The van der Waals surface area contributed by atoms with Crippen molar-refractivity contribution in [2.45, 2.75) is 23.3 Å². The molecule has 1 saturated heterocycles. The van der Waals surface area contributed by atoms with Crippen molar-refractivity contribution >= 4 is 49.6 Å². The van der Waals surface area contributed by atoms with Crippen LogP contribution < -0.4 is 11.1 Å². The summed E-state index contributed by atoms with van der Waals surface area (Å²) in [5.41, 5.74) is 3.55. The summed E-state index contributed by atoms with van der Waals surface area (Å²) in [5.74, 6) is -6.43. The highest BCUT2D eigenvalue weighted by Gasteiger charge is 2.79. The van der Waals surface area contributed by atoms with E-state index >= 15 is 0 Å². The van der Waals surface area contributed by atoms with Crippen LogP contribution in [-0.2, 0) is 34.3 Å². The minimum Gasteiger partial charge on any atom is -0.481 e. The van der Waals surface area contributed by atoms with Crippen LogP contribution in [0.5, 0.6) is 0 Å². The second-order valence-corrected chi connectivity index (χ2v) is 11.2. The first-order valence-electron chi connectivity index (χ1n) is 7.75. The second kappa shape index (κ2) is 8.52. The lowest BCUT2D eigenvalue weighted by molar-refractivity contribution is -0.148. The van der Waals surface area contributed by atoms with Crippen LogP contribution in [0.1, 0.15) is 6.42 Å². The molecule has 2 fully saturated rings. The maximum absolute atomic E-state index is 12.1. The number of aliphatic carboxylic acids is 2. The molecular weight excluding hydrogens is 440 g/mol. The van der Waals surface area contributed by atoms with Crippen LogP contribution in [0, 0.1) is 11.8 Å². The standard InChI is InChI=1S/C12H18N2O7S2.CH4O3S/c1-22-3-2-5(13)9(15)14-12(11(18)19)4-23(20,21)8-6(7(8)12)10(16)17;1-5(2,3)4/h5-8H,2-4,13H2,1H3,(H,14,15)(H,16,17)(H,18,19);1H3,(H,2,3,4)/t5-,6+,7+,8-,12-;/m0./s1. The lowest BCUT2D eigenvalue weighted by Crippen LogP contribution is -2.61. The number of hydrogen-bond donors (Lipinski definition) is 5. The van der Waals surface area contributed by atoms with E-state index < -0.39 is 72.2 Å². The molecule has 15 heteroatoms. The predicted molar refractivity (Wildman–Crippen MR) is 99.1 cm³/mol. The number of fused-ring (bicyclic) bond motifs is 1. The molecule has 5 atom stereocenters. The zero-order valence-corrected chi connectivity index (χ0v) is 17.4. The number of carbonyl (C=O) groups is 3. The van der Waals surface area contributed by atoms with E-state index in [0.29, 0.717) is 18.4 Å². The Hall–Kier alpha value is -1.42. The quantitative estimate of drug-likeness (QED) is 0.251. The molecule has 1 amide bonds. The summed E-state index contributed by atoms with van der Waals surface area (Å²) < 4.78 is 50.0. The van der Waals surface area contributed by atoms with Gasteiger partial charge in [0.15, 0.2) is 15.4 Å². The molecular formula is C13H22N2O10S3. The molecule has 1 heterocycles. The van der Waals surface area contributed by atoms with Gasteiger partial charge in [-0.3, -0.25) is 14.1 Å². The topological polar surface area (TPSA) is 218 Å².